The van der Waals surface area contributed by atoms with Crippen molar-refractivity contribution in [3.8, 4) is 0 Å². The van der Waals surface area contributed by atoms with Gasteiger partial charge in [0.1, 0.15) is 0 Å². The van der Waals surface area contributed by atoms with Gasteiger partial charge in [-0.2, -0.15) is 5.10 Å². The maximum absolute atomic E-state index is 11.8. The predicted octanol–water partition coefficient (Wildman–Crippen LogP) is 2.42. The summed E-state index contributed by atoms with van der Waals surface area (Å²) < 4.78 is 0. The zero-order valence-electron chi connectivity index (χ0n) is 13.7. The van der Waals surface area contributed by atoms with E-state index in [1.807, 2.05) is 39.5 Å². The van der Waals surface area contributed by atoms with Crippen LogP contribution in [0.4, 0.5) is 0 Å². The molecule has 0 radical (unpaired) electrons. The highest BCUT2D eigenvalue weighted by molar-refractivity contribution is 5.86. The summed E-state index contributed by atoms with van der Waals surface area (Å²) in [6.07, 6.45) is 1.85. The Morgan fingerprint density at radius 3 is 2.05 bits per heavy atom. The van der Waals surface area contributed by atoms with Gasteiger partial charge in [-0.25, -0.2) is 5.43 Å². The van der Waals surface area contributed by atoms with Gasteiger partial charge in [-0.1, -0.05) is 27.7 Å². The van der Waals surface area contributed by atoms with Gasteiger partial charge >= 0.3 is 0 Å². The normalized spacial score (nSPS) is 16.6. The third kappa shape index (κ3) is 6.17. The molecule has 1 aliphatic rings. The number of hydrazone groups is 1. The van der Waals surface area contributed by atoms with Crippen molar-refractivity contribution in [2.75, 3.05) is 13.1 Å². The van der Waals surface area contributed by atoms with Crippen LogP contribution in [0.25, 0.3) is 0 Å². The number of likely N-dealkylation sites (tertiary alicyclic amines) is 1. The minimum atomic E-state index is -0.151. The largest absolute Gasteiger partial charge is 0.342 e. The second-order valence-corrected chi connectivity index (χ2v) is 5.18. The van der Waals surface area contributed by atoms with Crippen molar-refractivity contribution >= 4 is 17.5 Å². The molecule has 0 atom stereocenters. The number of carbonyl (C=O) groups is 2. The maximum atomic E-state index is 11.8. The number of nitrogens with one attached hydrogen (secondary N) is 1. The van der Waals surface area contributed by atoms with Gasteiger partial charge in [0.25, 0.3) is 0 Å². The smallest absolute Gasteiger partial charge is 0.236 e. The second kappa shape index (κ2) is 9.50. The minimum Gasteiger partial charge on any atom is -0.342 e. The molecule has 116 valence electrons. The Morgan fingerprint density at radius 1 is 1.15 bits per heavy atom. The van der Waals surface area contributed by atoms with E-state index in [4.69, 9.17) is 0 Å². The molecule has 0 aromatic rings. The molecule has 0 spiro atoms. The van der Waals surface area contributed by atoms with Gasteiger partial charge in [-0.3, -0.25) is 9.59 Å². The topological polar surface area (TPSA) is 61.8 Å². The Hall–Kier alpha value is -1.39. The zero-order chi connectivity index (χ0) is 15.7. The standard InChI is InChI=1S/C13H23N3O2.C2H6/c1-9(2)13(18)16-7-5-12(6-8-16)10(3)14-15-11(4)17;1-2/h9,12H,5-8H2,1-4H3,(H,15,17);1-2H3/b14-10+;. The second-order valence-electron chi connectivity index (χ2n) is 5.18. The molecule has 0 aromatic heterocycles. The average Bonchev–Trinajstić information content (AvgIpc) is 2.46. The Labute approximate surface area is 122 Å². The van der Waals surface area contributed by atoms with Crippen molar-refractivity contribution in [2.24, 2.45) is 16.9 Å². The molecular weight excluding hydrogens is 254 g/mol. The van der Waals surface area contributed by atoms with E-state index in [0.29, 0.717) is 5.92 Å². The molecule has 1 N–H and O–H groups in total. The van der Waals surface area contributed by atoms with Gasteiger partial charge in [0.15, 0.2) is 0 Å². The van der Waals surface area contributed by atoms with Crippen molar-refractivity contribution in [1.29, 1.82) is 0 Å². The number of carbonyl (C=O) groups excluding carboxylic acids is 2. The fourth-order valence-corrected chi connectivity index (χ4v) is 2.14. The van der Waals surface area contributed by atoms with Crippen molar-refractivity contribution in [2.45, 2.75) is 54.4 Å². The number of hydrogen-bond acceptors (Lipinski definition) is 3. The highest BCUT2D eigenvalue weighted by Crippen LogP contribution is 2.20. The lowest BCUT2D eigenvalue weighted by molar-refractivity contribution is -0.135. The SMILES string of the molecule is CC.CC(=O)N/N=C(\C)C1CCN(C(=O)C(C)C)CC1. The van der Waals surface area contributed by atoms with Crippen LogP contribution in [0.1, 0.15) is 54.4 Å². The Balaban J connectivity index is 0.00000172. The van der Waals surface area contributed by atoms with E-state index < -0.39 is 0 Å². The summed E-state index contributed by atoms with van der Waals surface area (Å²) in [4.78, 5) is 24.5. The van der Waals surface area contributed by atoms with Gasteiger partial charge < -0.3 is 4.90 Å². The molecule has 1 aliphatic heterocycles. The van der Waals surface area contributed by atoms with Crippen LogP contribution in [-0.4, -0.2) is 35.5 Å². The summed E-state index contributed by atoms with van der Waals surface area (Å²) in [5.74, 6) is 0.510. The van der Waals surface area contributed by atoms with E-state index in [1.165, 1.54) is 6.92 Å². The lowest BCUT2D eigenvalue weighted by Gasteiger charge is -2.33. The van der Waals surface area contributed by atoms with Crippen LogP contribution in [0.15, 0.2) is 5.10 Å². The quantitative estimate of drug-likeness (QED) is 0.638. The summed E-state index contributed by atoms with van der Waals surface area (Å²) in [5, 5.41) is 4.07. The molecule has 20 heavy (non-hydrogen) atoms. The highest BCUT2D eigenvalue weighted by Gasteiger charge is 2.25. The van der Waals surface area contributed by atoms with Crippen LogP contribution in [0.5, 0.6) is 0 Å². The number of nitrogens with zero attached hydrogens (tertiary/aromatic N) is 2. The van der Waals surface area contributed by atoms with E-state index in [2.05, 4.69) is 10.5 Å². The van der Waals surface area contributed by atoms with Crippen LogP contribution in [0.2, 0.25) is 0 Å². The van der Waals surface area contributed by atoms with E-state index >= 15 is 0 Å². The lowest BCUT2D eigenvalue weighted by Crippen LogP contribution is -2.42. The first-order valence-corrected chi connectivity index (χ1v) is 7.51. The summed E-state index contributed by atoms with van der Waals surface area (Å²) >= 11 is 0. The number of amides is 2. The minimum absolute atomic E-state index is 0.0655. The number of rotatable bonds is 3. The number of hydrogen-bond donors (Lipinski definition) is 1. The summed E-state index contributed by atoms with van der Waals surface area (Å²) in [6.45, 7) is 12.8. The van der Waals surface area contributed by atoms with Gasteiger partial charge in [0.05, 0.1) is 0 Å². The molecular formula is C15H29N3O2. The first-order chi connectivity index (χ1) is 9.41. The summed E-state index contributed by atoms with van der Waals surface area (Å²) in [6, 6.07) is 0. The first kappa shape index (κ1) is 18.6. The van der Waals surface area contributed by atoms with E-state index in [-0.39, 0.29) is 17.7 Å². The summed E-state index contributed by atoms with van der Waals surface area (Å²) in [7, 11) is 0. The average molecular weight is 283 g/mol. The third-order valence-corrected chi connectivity index (χ3v) is 3.28. The van der Waals surface area contributed by atoms with E-state index in [0.717, 1.165) is 31.6 Å². The molecule has 5 nitrogen and oxygen atoms in total. The van der Waals surface area contributed by atoms with Gasteiger partial charge in [0.2, 0.25) is 11.8 Å². The van der Waals surface area contributed by atoms with Gasteiger partial charge in [-0.05, 0) is 19.8 Å². The Bertz CT molecular complexity index is 343. The van der Waals surface area contributed by atoms with Crippen LogP contribution in [0, 0.1) is 11.8 Å². The molecule has 5 heteroatoms. The van der Waals surface area contributed by atoms with Crippen LogP contribution < -0.4 is 5.43 Å². The highest BCUT2D eigenvalue weighted by atomic mass is 16.2. The number of piperidine rings is 1. The first-order valence-electron chi connectivity index (χ1n) is 7.51. The molecule has 0 aromatic carbocycles. The van der Waals surface area contributed by atoms with Gasteiger partial charge in [0, 0.05) is 37.6 Å². The van der Waals surface area contributed by atoms with Crippen molar-refractivity contribution in [3.63, 3.8) is 0 Å². The predicted molar refractivity (Wildman–Crippen MR) is 82.4 cm³/mol. The van der Waals surface area contributed by atoms with Crippen molar-refractivity contribution in [3.05, 3.63) is 0 Å². The summed E-state index contributed by atoms with van der Waals surface area (Å²) in [5.41, 5.74) is 3.41. The van der Waals surface area contributed by atoms with E-state index in [1.54, 1.807) is 0 Å². The molecule has 1 saturated heterocycles. The molecule has 0 bridgehead atoms. The Kier molecular flexibility index (Phi) is 8.84. The molecule has 1 heterocycles. The van der Waals surface area contributed by atoms with Crippen molar-refractivity contribution < 1.29 is 9.59 Å². The molecule has 0 aliphatic carbocycles. The maximum Gasteiger partial charge on any atom is 0.236 e. The molecule has 1 rings (SSSR count). The van der Waals surface area contributed by atoms with Crippen LogP contribution in [0.3, 0.4) is 0 Å². The fourth-order valence-electron chi connectivity index (χ4n) is 2.14. The van der Waals surface area contributed by atoms with Gasteiger partial charge in [-0.15, -0.1) is 0 Å². The molecule has 1 fully saturated rings. The molecule has 0 saturated carbocycles. The Morgan fingerprint density at radius 2 is 1.65 bits per heavy atom. The fraction of sp³-hybridized carbons (Fsp3) is 0.800. The molecule has 2 amide bonds. The van der Waals surface area contributed by atoms with Crippen molar-refractivity contribution in [1.82, 2.24) is 10.3 Å². The lowest BCUT2D eigenvalue weighted by atomic mass is 9.92. The van der Waals surface area contributed by atoms with Crippen LogP contribution in [-0.2, 0) is 9.59 Å². The third-order valence-electron chi connectivity index (χ3n) is 3.28. The van der Waals surface area contributed by atoms with E-state index in [9.17, 15) is 9.59 Å². The zero-order valence-corrected chi connectivity index (χ0v) is 13.7. The monoisotopic (exact) mass is 283 g/mol. The van der Waals surface area contributed by atoms with Crippen LogP contribution >= 0.6 is 0 Å². The molecule has 0 unspecified atom stereocenters.